The van der Waals surface area contributed by atoms with Crippen molar-refractivity contribution in [2.45, 2.75) is 19.4 Å². The first-order valence-electron chi connectivity index (χ1n) is 9.13. The number of methoxy groups -OCH3 is 1. The molecule has 0 saturated heterocycles. The van der Waals surface area contributed by atoms with E-state index in [0.29, 0.717) is 15.7 Å². The molecule has 11 heteroatoms. The van der Waals surface area contributed by atoms with Gasteiger partial charge in [-0.1, -0.05) is 29.8 Å². The van der Waals surface area contributed by atoms with Crippen molar-refractivity contribution in [3.05, 3.63) is 64.0 Å². The number of hydrogen-bond donors (Lipinski definition) is 2. The van der Waals surface area contributed by atoms with E-state index in [1.165, 1.54) is 13.2 Å². The minimum atomic E-state index is -4.82. The Bertz CT molecular complexity index is 1120. The summed E-state index contributed by atoms with van der Waals surface area (Å²) in [6, 6.07) is 12.2. The molecule has 0 fully saturated rings. The smallest absolute Gasteiger partial charge is 0.484 e. The molecule has 0 aliphatic heterocycles. The molecular formula is C21H18ClF3N2O4S. The van der Waals surface area contributed by atoms with E-state index < -0.39 is 24.2 Å². The van der Waals surface area contributed by atoms with E-state index in [2.05, 4.69) is 10.1 Å². The molecule has 2 aromatic carbocycles. The van der Waals surface area contributed by atoms with Gasteiger partial charge in [0.25, 0.3) is 0 Å². The van der Waals surface area contributed by atoms with Gasteiger partial charge in [0.05, 0.1) is 23.5 Å². The molecule has 6 nitrogen and oxygen atoms in total. The van der Waals surface area contributed by atoms with Crippen molar-refractivity contribution in [2.24, 2.45) is 0 Å². The minimum absolute atomic E-state index is 0.0201. The van der Waals surface area contributed by atoms with Crippen molar-refractivity contribution < 1.29 is 32.2 Å². The number of nitrogens with one attached hydrogen (secondary N) is 1. The normalized spacial score (nSPS) is 12.2. The molecule has 32 heavy (non-hydrogen) atoms. The second-order valence-electron chi connectivity index (χ2n) is 6.50. The third-order valence-corrected chi connectivity index (χ3v) is 5.59. The maximum Gasteiger partial charge on any atom is 0.573 e. The Morgan fingerprint density at radius 1 is 1.19 bits per heavy atom. The van der Waals surface area contributed by atoms with Gasteiger partial charge in [-0.2, -0.15) is 0 Å². The van der Waals surface area contributed by atoms with Crippen molar-refractivity contribution >= 4 is 45.3 Å². The standard InChI is InChI=1S/C21H18ClF3N2O4S/c1-11(13-5-3-4-6-14(13)22)30-17-10-18(32-19(17)20(28)29-2)27-16-8-7-12(9-15(16)26)31-21(23,24)25/h3-11,27H,26H2,1-2H3/t11-/m1/s1. The fourth-order valence-electron chi connectivity index (χ4n) is 2.80. The fraction of sp³-hybridized carbons (Fsp3) is 0.190. The van der Waals surface area contributed by atoms with Crippen LogP contribution in [0.1, 0.15) is 28.3 Å². The number of rotatable bonds is 7. The van der Waals surface area contributed by atoms with Crippen LogP contribution in [0, 0.1) is 0 Å². The lowest BCUT2D eigenvalue weighted by Gasteiger charge is -2.16. The number of nitrogens with two attached hydrogens (primary N) is 1. The van der Waals surface area contributed by atoms with Crippen LogP contribution >= 0.6 is 22.9 Å². The predicted molar refractivity (Wildman–Crippen MR) is 117 cm³/mol. The number of thiophene rings is 1. The van der Waals surface area contributed by atoms with Gasteiger partial charge in [0.2, 0.25) is 0 Å². The van der Waals surface area contributed by atoms with Gasteiger partial charge < -0.3 is 25.3 Å². The van der Waals surface area contributed by atoms with Gasteiger partial charge in [-0.05, 0) is 25.1 Å². The lowest BCUT2D eigenvalue weighted by molar-refractivity contribution is -0.274. The second kappa shape index (κ2) is 9.58. The summed E-state index contributed by atoms with van der Waals surface area (Å²) in [5.74, 6) is -0.793. The first kappa shape index (κ1) is 23.6. The van der Waals surface area contributed by atoms with Gasteiger partial charge in [0, 0.05) is 22.7 Å². The van der Waals surface area contributed by atoms with Gasteiger partial charge in [-0.25, -0.2) is 4.79 Å². The minimum Gasteiger partial charge on any atom is -0.484 e. The molecule has 1 atom stereocenters. The lowest BCUT2D eigenvalue weighted by atomic mass is 10.1. The number of nitrogen functional groups attached to an aromatic ring is 1. The zero-order valence-corrected chi connectivity index (χ0v) is 18.4. The van der Waals surface area contributed by atoms with Crippen LogP contribution in [0.25, 0.3) is 0 Å². The molecule has 0 amide bonds. The molecule has 3 rings (SSSR count). The molecular weight excluding hydrogens is 469 g/mol. The van der Waals surface area contributed by atoms with Crippen LogP contribution in [0.4, 0.5) is 29.5 Å². The number of carbonyl (C=O) groups excluding carboxylic acids is 1. The number of anilines is 3. The van der Waals surface area contributed by atoms with Crippen molar-refractivity contribution in [1.82, 2.24) is 0 Å². The van der Waals surface area contributed by atoms with E-state index in [4.69, 9.17) is 26.8 Å². The van der Waals surface area contributed by atoms with Gasteiger partial charge in [-0.3, -0.25) is 0 Å². The Hall–Kier alpha value is -3.11. The Labute approximate surface area is 190 Å². The first-order chi connectivity index (χ1) is 15.1. The number of carbonyl (C=O) groups is 1. The number of ether oxygens (including phenoxy) is 3. The largest absolute Gasteiger partial charge is 0.573 e. The number of halogens is 4. The third kappa shape index (κ3) is 5.77. The molecule has 1 aromatic heterocycles. The lowest BCUT2D eigenvalue weighted by Crippen LogP contribution is -2.17. The van der Waals surface area contributed by atoms with Crippen LogP contribution in [-0.2, 0) is 4.74 Å². The van der Waals surface area contributed by atoms with Crippen molar-refractivity contribution in [2.75, 3.05) is 18.2 Å². The van der Waals surface area contributed by atoms with Crippen LogP contribution in [0.15, 0.2) is 48.5 Å². The molecule has 0 aliphatic carbocycles. The second-order valence-corrected chi connectivity index (χ2v) is 7.96. The number of alkyl halides is 3. The Balaban J connectivity index is 1.85. The molecule has 3 aromatic rings. The number of benzene rings is 2. The highest BCUT2D eigenvalue weighted by molar-refractivity contribution is 7.18. The van der Waals surface area contributed by atoms with E-state index in [-0.39, 0.29) is 16.3 Å². The van der Waals surface area contributed by atoms with E-state index >= 15 is 0 Å². The van der Waals surface area contributed by atoms with E-state index in [9.17, 15) is 18.0 Å². The Morgan fingerprint density at radius 2 is 1.91 bits per heavy atom. The summed E-state index contributed by atoms with van der Waals surface area (Å²) in [4.78, 5) is 12.4. The molecule has 1 heterocycles. The summed E-state index contributed by atoms with van der Waals surface area (Å²) in [7, 11) is 1.24. The monoisotopic (exact) mass is 486 g/mol. The highest BCUT2D eigenvalue weighted by Gasteiger charge is 2.31. The average molecular weight is 487 g/mol. The van der Waals surface area contributed by atoms with E-state index in [0.717, 1.165) is 29.0 Å². The Morgan fingerprint density at radius 3 is 2.53 bits per heavy atom. The molecule has 0 saturated carbocycles. The molecule has 3 N–H and O–H groups in total. The van der Waals surface area contributed by atoms with Crippen LogP contribution in [0.5, 0.6) is 11.5 Å². The van der Waals surface area contributed by atoms with Crippen molar-refractivity contribution in [3.8, 4) is 11.5 Å². The fourth-order valence-corrected chi connectivity index (χ4v) is 4.01. The third-order valence-electron chi connectivity index (χ3n) is 4.23. The van der Waals surface area contributed by atoms with Gasteiger partial charge in [0.15, 0.2) is 4.88 Å². The van der Waals surface area contributed by atoms with Crippen molar-refractivity contribution in [1.29, 1.82) is 0 Å². The SMILES string of the molecule is COC(=O)c1sc(Nc2ccc(OC(F)(F)F)cc2N)cc1O[C@H](C)c1ccccc1Cl. The molecule has 0 radical (unpaired) electrons. The van der Waals surface area contributed by atoms with Gasteiger partial charge in [-0.15, -0.1) is 24.5 Å². The zero-order chi connectivity index (χ0) is 23.5. The molecule has 170 valence electrons. The summed E-state index contributed by atoms with van der Waals surface area (Å²) in [6.07, 6.45) is -5.30. The van der Waals surface area contributed by atoms with Crippen LogP contribution < -0.4 is 20.5 Å². The highest BCUT2D eigenvalue weighted by Crippen LogP contribution is 2.40. The Kier molecular flexibility index (Phi) is 7.05. The predicted octanol–water partition coefficient (Wildman–Crippen LogP) is 6.55. The maximum absolute atomic E-state index is 12.4. The van der Waals surface area contributed by atoms with Crippen LogP contribution in [0.3, 0.4) is 0 Å². The maximum atomic E-state index is 12.4. The van der Waals surface area contributed by atoms with Crippen LogP contribution in [0.2, 0.25) is 5.02 Å². The summed E-state index contributed by atoms with van der Waals surface area (Å²) >= 11 is 7.26. The first-order valence-corrected chi connectivity index (χ1v) is 10.3. The number of hydrogen-bond acceptors (Lipinski definition) is 7. The summed E-state index contributed by atoms with van der Waals surface area (Å²) in [6.45, 7) is 1.78. The number of esters is 1. The van der Waals surface area contributed by atoms with Crippen molar-refractivity contribution in [3.63, 3.8) is 0 Å². The van der Waals surface area contributed by atoms with Gasteiger partial charge in [0.1, 0.15) is 17.6 Å². The molecule has 0 unspecified atom stereocenters. The van der Waals surface area contributed by atoms with E-state index in [1.54, 1.807) is 25.1 Å². The van der Waals surface area contributed by atoms with E-state index in [1.807, 2.05) is 12.1 Å². The average Bonchev–Trinajstić information content (AvgIpc) is 3.10. The zero-order valence-electron chi connectivity index (χ0n) is 16.8. The highest BCUT2D eigenvalue weighted by atomic mass is 35.5. The summed E-state index contributed by atoms with van der Waals surface area (Å²) in [5, 5.41) is 3.95. The molecule has 0 spiro atoms. The molecule has 0 aliphatic rings. The van der Waals surface area contributed by atoms with Crippen LogP contribution in [-0.4, -0.2) is 19.4 Å². The summed E-state index contributed by atoms with van der Waals surface area (Å²) in [5.41, 5.74) is 6.92. The quantitative estimate of drug-likeness (QED) is 0.291. The topological polar surface area (TPSA) is 82.8 Å². The molecule has 0 bridgehead atoms. The van der Waals surface area contributed by atoms with Gasteiger partial charge >= 0.3 is 12.3 Å². The summed E-state index contributed by atoms with van der Waals surface area (Å²) < 4.78 is 51.8.